The molecule has 1 amide bonds. The average molecular weight is 351 g/mol. The van der Waals surface area contributed by atoms with Crippen LogP contribution in [0.15, 0.2) is 36.7 Å². The Morgan fingerprint density at radius 3 is 2.52 bits per heavy atom. The van der Waals surface area contributed by atoms with Crippen LogP contribution in [0, 0.1) is 5.82 Å². The smallest absolute Gasteiger partial charge is 0.319 e. The minimum Gasteiger partial charge on any atom is -0.338 e. The van der Waals surface area contributed by atoms with Crippen molar-refractivity contribution in [3.63, 3.8) is 0 Å². The van der Waals surface area contributed by atoms with Gasteiger partial charge in [-0.1, -0.05) is 25.0 Å². The molecule has 0 spiro atoms. The first-order chi connectivity index (χ1) is 11.9. The van der Waals surface area contributed by atoms with Gasteiger partial charge in [0, 0.05) is 19.4 Å². The number of nitrogens with zero attached hydrogens (tertiary/aromatic N) is 3. The van der Waals surface area contributed by atoms with Crippen LogP contribution in [0.2, 0.25) is 0 Å². The van der Waals surface area contributed by atoms with Gasteiger partial charge >= 0.3 is 6.55 Å². The van der Waals surface area contributed by atoms with Crippen molar-refractivity contribution in [3.8, 4) is 0 Å². The van der Waals surface area contributed by atoms with E-state index in [0.29, 0.717) is 12.8 Å². The number of aromatic nitrogens is 2. The lowest BCUT2D eigenvalue weighted by molar-refractivity contribution is -0.136. The molecule has 2 aromatic rings. The summed E-state index contributed by atoms with van der Waals surface area (Å²) in [4.78, 5) is 18.5. The highest BCUT2D eigenvalue weighted by Gasteiger charge is 2.44. The third-order valence-electron chi connectivity index (χ3n) is 4.95. The molecular formula is C18H20F3N3O. The second-order valence-corrected chi connectivity index (χ2v) is 6.49. The predicted octanol–water partition coefficient (Wildman–Crippen LogP) is 3.89. The lowest BCUT2D eigenvalue weighted by Gasteiger charge is -2.33. The predicted molar refractivity (Wildman–Crippen MR) is 86.5 cm³/mol. The van der Waals surface area contributed by atoms with Crippen LogP contribution in [0.4, 0.5) is 13.2 Å². The number of rotatable bonds is 5. The van der Waals surface area contributed by atoms with Gasteiger partial charge in [-0.15, -0.1) is 0 Å². The van der Waals surface area contributed by atoms with E-state index in [-0.39, 0.29) is 24.1 Å². The maximum absolute atomic E-state index is 13.3. The minimum absolute atomic E-state index is 0.000875. The van der Waals surface area contributed by atoms with Gasteiger partial charge in [-0.05, 0) is 30.5 Å². The van der Waals surface area contributed by atoms with Gasteiger partial charge in [0.15, 0.2) is 0 Å². The zero-order chi connectivity index (χ0) is 18.0. The first kappa shape index (κ1) is 17.5. The molecule has 0 saturated heterocycles. The molecule has 3 rings (SSSR count). The van der Waals surface area contributed by atoms with Crippen LogP contribution in [0.5, 0.6) is 0 Å². The van der Waals surface area contributed by atoms with Crippen molar-refractivity contribution in [2.75, 3.05) is 7.05 Å². The number of carbonyl (C=O) groups is 1. The Labute approximate surface area is 144 Å². The van der Waals surface area contributed by atoms with Crippen LogP contribution < -0.4 is 0 Å². The van der Waals surface area contributed by atoms with Crippen molar-refractivity contribution in [3.05, 3.63) is 53.9 Å². The van der Waals surface area contributed by atoms with Crippen LogP contribution >= 0.6 is 0 Å². The van der Waals surface area contributed by atoms with Gasteiger partial charge in [-0.2, -0.15) is 8.78 Å². The molecule has 134 valence electrons. The molecule has 0 unspecified atom stereocenters. The van der Waals surface area contributed by atoms with E-state index in [1.807, 2.05) is 0 Å². The number of halogens is 3. The van der Waals surface area contributed by atoms with Crippen molar-refractivity contribution in [2.24, 2.45) is 0 Å². The van der Waals surface area contributed by atoms with Gasteiger partial charge < -0.3 is 4.90 Å². The van der Waals surface area contributed by atoms with Gasteiger partial charge in [0.2, 0.25) is 5.91 Å². The zero-order valence-electron chi connectivity index (χ0n) is 14.0. The summed E-state index contributed by atoms with van der Waals surface area (Å²) in [6, 6.07) is 6.00. The van der Waals surface area contributed by atoms with Crippen LogP contribution in [-0.4, -0.2) is 27.4 Å². The third kappa shape index (κ3) is 3.27. The zero-order valence-corrected chi connectivity index (χ0v) is 14.0. The molecule has 25 heavy (non-hydrogen) atoms. The van der Waals surface area contributed by atoms with Gasteiger partial charge in [-0.25, -0.2) is 9.37 Å². The fourth-order valence-electron chi connectivity index (χ4n) is 3.67. The highest BCUT2D eigenvalue weighted by atomic mass is 19.3. The molecule has 1 aliphatic carbocycles. The number of imidazole rings is 1. The molecule has 0 atom stereocenters. The van der Waals surface area contributed by atoms with E-state index in [0.717, 1.165) is 23.0 Å². The molecular weight excluding hydrogens is 331 g/mol. The summed E-state index contributed by atoms with van der Waals surface area (Å²) in [5.41, 5.74) is 0.0606. The monoisotopic (exact) mass is 351 g/mol. The van der Waals surface area contributed by atoms with Crippen molar-refractivity contribution >= 4 is 5.91 Å². The normalized spacial score (nSPS) is 16.4. The molecule has 1 aromatic carbocycles. The number of alkyl halides is 2. The van der Waals surface area contributed by atoms with E-state index in [9.17, 15) is 18.0 Å². The summed E-state index contributed by atoms with van der Waals surface area (Å²) in [6.45, 7) is -2.70. The first-order valence-electron chi connectivity index (χ1n) is 8.25. The van der Waals surface area contributed by atoms with Crippen molar-refractivity contribution in [1.29, 1.82) is 0 Å². The van der Waals surface area contributed by atoms with Gasteiger partial charge in [0.25, 0.3) is 0 Å². The van der Waals surface area contributed by atoms with E-state index in [1.54, 1.807) is 19.2 Å². The van der Waals surface area contributed by atoms with Crippen LogP contribution in [0.1, 0.15) is 43.6 Å². The molecule has 0 aliphatic heterocycles. The highest BCUT2D eigenvalue weighted by molar-refractivity contribution is 5.88. The summed E-state index contributed by atoms with van der Waals surface area (Å²) in [5.74, 6) is -0.352. The quantitative estimate of drug-likeness (QED) is 0.820. The van der Waals surface area contributed by atoms with Crippen LogP contribution in [0.3, 0.4) is 0 Å². The van der Waals surface area contributed by atoms with Gasteiger partial charge in [0.05, 0.1) is 12.0 Å². The summed E-state index contributed by atoms with van der Waals surface area (Å²) >= 11 is 0. The van der Waals surface area contributed by atoms with E-state index < -0.39 is 12.0 Å². The number of hydrogen-bond donors (Lipinski definition) is 0. The average Bonchev–Trinajstić information content (AvgIpc) is 3.24. The Balaban J connectivity index is 1.85. The largest absolute Gasteiger partial charge is 0.338 e. The molecule has 1 aromatic heterocycles. The highest BCUT2D eigenvalue weighted by Crippen LogP contribution is 2.42. The summed E-state index contributed by atoms with van der Waals surface area (Å²) < 4.78 is 40.0. The summed E-state index contributed by atoms with van der Waals surface area (Å²) in [6.07, 6.45) is 5.65. The van der Waals surface area contributed by atoms with E-state index >= 15 is 0 Å². The second-order valence-electron chi connectivity index (χ2n) is 6.49. The lowest BCUT2D eigenvalue weighted by Crippen LogP contribution is -2.43. The third-order valence-corrected chi connectivity index (χ3v) is 4.95. The Bertz CT molecular complexity index is 736. The summed E-state index contributed by atoms with van der Waals surface area (Å²) in [5, 5.41) is 0. The molecule has 0 radical (unpaired) electrons. The van der Waals surface area contributed by atoms with E-state index in [4.69, 9.17) is 0 Å². The van der Waals surface area contributed by atoms with Gasteiger partial charge in [0.1, 0.15) is 11.6 Å². The standard InChI is InChI=1S/C18H20F3N3O/c1-23(12-15-22-10-11-24(15)17(20)21)16(25)18(8-2-3-9-18)13-4-6-14(19)7-5-13/h4-7,10-11,17H,2-3,8-9,12H2,1H3. The fraction of sp³-hybridized carbons (Fsp3) is 0.444. The molecule has 4 nitrogen and oxygen atoms in total. The maximum Gasteiger partial charge on any atom is 0.319 e. The molecule has 7 heteroatoms. The lowest BCUT2D eigenvalue weighted by atomic mass is 9.77. The number of likely N-dealkylation sites (N-methyl/N-ethyl adjacent to an activating group) is 1. The van der Waals surface area contributed by atoms with E-state index in [2.05, 4.69) is 4.98 Å². The van der Waals surface area contributed by atoms with Crippen molar-refractivity contribution < 1.29 is 18.0 Å². The Morgan fingerprint density at radius 2 is 1.92 bits per heavy atom. The minimum atomic E-state index is -2.70. The van der Waals surface area contributed by atoms with Crippen LogP contribution in [-0.2, 0) is 16.8 Å². The summed E-state index contributed by atoms with van der Waals surface area (Å²) in [7, 11) is 1.59. The number of benzene rings is 1. The van der Waals surface area contributed by atoms with Crippen LogP contribution in [0.25, 0.3) is 0 Å². The molecule has 1 fully saturated rings. The Morgan fingerprint density at radius 1 is 1.28 bits per heavy atom. The van der Waals surface area contributed by atoms with Crippen molar-refractivity contribution in [2.45, 2.75) is 44.2 Å². The molecule has 0 N–H and O–H groups in total. The maximum atomic E-state index is 13.3. The van der Waals surface area contributed by atoms with E-state index in [1.165, 1.54) is 29.4 Å². The molecule has 0 bridgehead atoms. The molecule has 1 aliphatic rings. The second kappa shape index (κ2) is 6.90. The molecule has 1 saturated carbocycles. The Kier molecular flexibility index (Phi) is 4.83. The number of amides is 1. The molecule has 1 heterocycles. The SMILES string of the molecule is CN(Cc1nccn1C(F)F)C(=O)C1(c2ccc(F)cc2)CCCC1. The van der Waals surface area contributed by atoms with Gasteiger partial charge in [-0.3, -0.25) is 9.36 Å². The fourth-order valence-corrected chi connectivity index (χ4v) is 3.67. The number of carbonyl (C=O) groups excluding carboxylic acids is 1. The van der Waals surface area contributed by atoms with Crippen molar-refractivity contribution in [1.82, 2.24) is 14.5 Å². The Hall–Kier alpha value is -2.31. The number of hydrogen-bond acceptors (Lipinski definition) is 2. The first-order valence-corrected chi connectivity index (χ1v) is 8.25. The topological polar surface area (TPSA) is 38.1 Å².